The summed E-state index contributed by atoms with van der Waals surface area (Å²) in [6.45, 7) is 1.36. The summed E-state index contributed by atoms with van der Waals surface area (Å²) in [7, 11) is 6.89. The molecule has 5 atom stereocenters. The molecule has 0 aromatic heterocycles. The third-order valence-corrected chi connectivity index (χ3v) is 3.22. The molecule has 0 aromatic rings. The van der Waals surface area contributed by atoms with Gasteiger partial charge in [0.25, 0.3) is 0 Å². The molecule has 1 rings (SSSR count). The van der Waals surface area contributed by atoms with Gasteiger partial charge in [-0.1, -0.05) is 0 Å². The molecule has 0 bridgehead atoms. The van der Waals surface area contributed by atoms with Gasteiger partial charge in [-0.2, -0.15) is 0 Å². The van der Waals surface area contributed by atoms with Gasteiger partial charge in [0.2, 0.25) is 0 Å². The lowest BCUT2D eigenvalue weighted by Crippen LogP contribution is -2.41. The molecule has 106 valence electrons. The number of methoxy groups -OCH3 is 3. The van der Waals surface area contributed by atoms with Crippen LogP contribution in [0.5, 0.6) is 0 Å². The van der Waals surface area contributed by atoms with Crippen LogP contribution < -0.4 is 5.73 Å². The number of nitrogens with two attached hydrogens (primary N) is 1. The van der Waals surface area contributed by atoms with Gasteiger partial charge in [0.15, 0.2) is 0 Å². The van der Waals surface area contributed by atoms with Crippen molar-refractivity contribution in [3.05, 3.63) is 0 Å². The fraction of sp³-hybridized carbons (Fsp3) is 1.00. The van der Waals surface area contributed by atoms with Crippen LogP contribution in [0.15, 0.2) is 0 Å². The molecule has 1 heterocycles. The Balaban J connectivity index is 2.51. The van der Waals surface area contributed by atoms with Crippen molar-refractivity contribution in [2.45, 2.75) is 30.4 Å². The zero-order valence-corrected chi connectivity index (χ0v) is 11.6. The molecule has 1 aliphatic heterocycles. The molecule has 7 heteroatoms. The van der Waals surface area contributed by atoms with Crippen LogP contribution in [0.3, 0.4) is 0 Å². The zero-order valence-electron chi connectivity index (χ0n) is 11.6. The molecular formula is C11H24BNO5. The van der Waals surface area contributed by atoms with Crippen LogP contribution in [-0.2, 0) is 23.7 Å². The number of hydrogen-bond donors (Lipinski definition) is 1. The molecule has 0 amide bonds. The summed E-state index contributed by atoms with van der Waals surface area (Å²) in [4.78, 5) is 0. The fourth-order valence-electron chi connectivity index (χ4n) is 2.17. The van der Waals surface area contributed by atoms with Gasteiger partial charge < -0.3 is 29.4 Å². The third-order valence-electron chi connectivity index (χ3n) is 3.22. The van der Waals surface area contributed by atoms with Crippen molar-refractivity contribution < 1.29 is 23.7 Å². The maximum atomic E-state index is 5.83. The van der Waals surface area contributed by atoms with Crippen LogP contribution in [0.2, 0.25) is 0 Å². The first-order valence-corrected chi connectivity index (χ1v) is 6.19. The predicted octanol–water partition coefficient (Wildman–Crippen LogP) is -1.64. The number of rotatable bonds is 8. The highest BCUT2D eigenvalue weighted by Crippen LogP contribution is 2.25. The first-order valence-electron chi connectivity index (χ1n) is 6.19. The van der Waals surface area contributed by atoms with Crippen molar-refractivity contribution in [3.8, 4) is 0 Å². The summed E-state index contributed by atoms with van der Waals surface area (Å²) in [6.07, 6.45) is -0.454. The quantitative estimate of drug-likeness (QED) is 0.529. The summed E-state index contributed by atoms with van der Waals surface area (Å²) in [6, 6.07) is -0.0367. The Morgan fingerprint density at radius 2 is 2.00 bits per heavy atom. The van der Waals surface area contributed by atoms with Crippen LogP contribution in [0.1, 0.15) is 0 Å². The summed E-state index contributed by atoms with van der Waals surface area (Å²) in [5, 5.41) is 0. The monoisotopic (exact) mass is 261 g/mol. The second-order valence-electron chi connectivity index (χ2n) is 4.43. The Morgan fingerprint density at radius 1 is 1.28 bits per heavy atom. The first-order chi connectivity index (χ1) is 8.67. The summed E-state index contributed by atoms with van der Waals surface area (Å²) < 4.78 is 27.4. The van der Waals surface area contributed by atoms with Crippen molar-refractivity contribution >= 4 is 7.85 Å². The lowest BCUT2D eigenvalue weighted by molar-refractivity contribution is -0.0772. The van der Waals surface area contributed by atoms with E-state index >= 15 is 0 Å². The fourth-order valence-corrected chi connectivity index (χ4v) is 2.17. The van der Waals surface area contributed by atoms with E-state index in [0.717, 1.165) is 0 Å². The van der Waals surface area contributed by atoms with Gasteiger partial charge in [-0.25, -0.2) is 0 Å². The molecule has 0 radical (unpaired) electrons. The number of hydrogen-bond acceptors (Lipinski definition) is 6. The third kappa shape index (κ3) is 3.91. The maximum Gasteiger partial charge on any atom is 0.142 e. The topological polar surface area (TPSA) is 72.2 Å². The molecule has 6 nitrogen and oxygen atoms in total. The van der Waals surface area contributed by atoms with Crippen molar-refractivity contribution in [2.24, 2.45) is 5.73 Å². The largest absolute Gasteiger partial charge is 0.382 e. The molecule has 0 aliphatic carbocycles. The molecule has 0 spiro atoms. The van der Waals surface area contributed by atoms with Gasteiger partial charge in [-0.3, -0.25) is 0 Å². The van der Waals surface area contributed by atoms with Gasteiger partial charge in [-0.15, -0.1) is 0 Å². The summed E-state index contributed by atoms with van der Waals surface area (Å²) in [5.74, 6) is 0. The van der Waals surface area contributed by atoms with E-state index in [0.29, 0.717) is 19.8 Å². The highest BCUT2D eigenvalue weighted by molar-refractivity contribution is 6.11. The Hall–Kier alpha value is -0.175. The average molecular weight is 261 g/mol. The maximum absolute atomic E-state index is 5.83. The van der Waals surface area contributed by atoms with Crippen LogP contribution in [0.25, 0.3) is 0 Å². The van der Waals surface area contributed by atoms with Crippen molar-refractivity contribution in [1.29, 1.82) is 0 Å². The van der Waals surface area contributed by atoms with E-state index in [-0.39, 0.29) is 30.4 Å². The Labute approximate surface area is 109 Å². The van der Waals surface area contributed by atoms with Crippen molar-refractivity contribution in [1.82, 2.24) is 0 Å². The minimum atomic E-state index is -0.129. The highest BCUT2D eigenvalue weighted by atomic mass is 16.6. The Bertz CT molecular complexity index is 229. The second-order valence-corrected chi connectivity index (χ2v) is 4.43. The van der Waals surface area contributed by atoms with E-state index in [1.54, 1.807) is 21.3 Å². The van der Waals surface area contributed by atoms with Gasteiger partial charge in [0.1, 0.15) is 26.2 Å². The molecular weight excluding hydrogens is 237 g/mol. The van der Waals surface area contributed by atoms with E-state index in [1.807, 2.05) is 7.85 Å². The molecule has 2 unspecified atom stereocenters. The normalized spacial score (nSPS) is 33.8. The minimum Gasteiger partial charge on any atom is -0.382 e. The zero-order chi connectivity index (χ0) is 13.5. The smallest absolute Gasteiger partial charge is 0.142 e. The molecule has 18 heavy (non-hydrogen) atoms. The molecule has 0 aromatic carbocycles. The van der Waals surface area contributed by atoms with E-state index in [4.69, 9.17) is 29.4 Å². The molecule has 2 N–H and O–H groups in total. The average Bonchev–Trinajstić information content (AvgIpc) is 2.67. The van der Waals surface area contributed by atoms with Gasteiger partial charge in [-0.05, 0) is 0 Å². The predicted molar refractivity (Wildman–Crippen MR) is 69.5 cm³/mol. The summed E-state index contributed by atoms with van der Waals surface area (Å²) >= 11 is 0. The van der Waals surface area contributed by atoms with E-state index in [2.05, 4.69) is 0 Å². The Kier molecular flexibility index (Phi) is 7.14. The standard InChI is InChI=1S/C11H24BNO5/c1-14-6-8-9(16-3)10(11(12)18-8)17-5-7(4-13)15-2/h7-11H,4-6,12-13H2,1-3H3/t7?,8-,9+,10?,11-/m1/s1. The van der Waals surface area contributed by atoms with Crippen molar-refractivity contribution in [2.75, 3.05) is 41.1 Å². The lowest BCUT2D eigenvalue weighted by atomic mass is 9.92. The van der Waals surface area contributed by atoms with E-state index in [1.165, 1.54) is 0 Å². The van der Waals surface area contributed by atoms with E-state index < -0.39 is 0 Å². The summed E-state index contributed by atoms with van der Waals surface area (Å²) in [5.41, 5.74) is 5.56. The SMILES string of the molecule is B[C@@H]1O[C@H](COC)[C@H](OC)C1OCC(CN)OC. The van der Waals surface area contributed by atoms with Crippen LogP contribution in [0, 0.1) is 0 Å². The highest BCUT2D eigenvalue weighted by Gasteiger charge is 2.43. The van der Waals surface area contributed by atoms with Crippen LogP contribution in [0.4, 0.5) is 0 Å². The van der Waals surface area contributed by atoms with E-state index in [9.17, 15) is 0 Å². The van der Waals surface area contributed by atoms with Crippen LogP contribution >= 0.6 is 0 Å². The van der Waals surface area contributed by atoms with Crippen LogP contribution in [-0.4, -0.2) is 79.4 Å². The molecule has 1 aliphatic rings. The first kappa shape index (κ1) is 15.9. The van der Waals surface area contributed by atoms with Gasteiger partial charge in [0.05, 0.1) is 25.3 Å². The molecule has 1 saturated heterocycles. The lowest BCUT2D eigenvalue weighted by Gasteiger charge is -2.24. The molecule has 0 saturated carbocycles. The number of ether oxygens (including phenoxy) is 5. The molecule has 1 fully saturated rings. The van der Waals surface area contributed by atoms with Gasteiger partial charge in [0, 0.05) is 27.9 Å². The van der Waals surface area contributed by atoms with Crippen molar-refractivity contribution in [3.63, 3.8) is 0 Å². The second kappa shape index (κ2) is 8.09. The minimum absolute atomic E-state index is 0.0367. The Morgan fingerprint density at radius 3 is 2.50 bits per heavy atom. The van der Waals surface area contributed by atoms with Gasteiger partial charge >= 0.3 is 0 Å².